The van der Waals surface area contributed by atoms with Crippen LogP contribution >= 0.6 is 11.3 Å². The van der Waals surface area contributed by atoms with Crippen LogP contribution in [0.5, 0.6) is 0 Å². The van der Waals surface area contributed by atoms with Gasteiger partial charge in [0.2, 0.25) is 5.01 Å². The number of aliphatic imine (C=N–C) groups is 1. The Bertz CT molecular complexity index is 1210. The molecular formula is C22H28F3N5O4S2. The molecular weight excluding hydrogens is 519 g/mol. The molecule has 4 rings (SSSR count). The van der Waals surface area contributed by atoms with Gasteiger partial charge in [0.25, 0.3) is 0 Å². The van der Waals surface area contributed by atoms with Crippen molar-refractivity contribution < 1.29 is 31.1 Å². The first-order chi connectivity index (χ1) is 16.9. The number of halogens is 3. The van der Waals surface area contributed by atoms with E-state index in [2.05, 4.69) is 27.0 Å². The van der Waals surface area contributed by atoms with Crippen molar-refractivity contribution in [3.05, 3.63) is 33.4 Å². The zero-order valence-electron chi connectivity index (χ0n) is 20.1. The Kier molecular flexibility index (Phi) is 7.58. The van der Waals surface area contributed by atoms with Gasteiger partial charge in [-0.25, -0.2) is 13.2 Å². The highest BCUT2D eigenvalue weighted by atomic mass is 32.2. The van der Waals surface area contributed by atoms with Crippen molar-refractivity contribution in [2.75, 3.05) is 13.2 Å². The zero-order chi connectivity index (χ0) is 26.3. The number of hydrogen-bond acceptors (Lipinski definition) is 9. The molecule has 1 N–H and O–H groups in total. The van der Waals surface area contributed by atoms with Crippen LogP contribution in [0.4, 0.5) is 13.2 Å². The first-order valence-electron chi connectivity index (χ1n) is 11.8. The third-order valence-electron chi connectivity index (χ3n) is 6.30. The fourth-order valence-corrected chi connectivity index (χ4v) is 6.00. The van der Waals surface area contributed by atoms with E-state index < -0.39 is 33.6 Å². The number of hydrogen-bond donors (Lipinski definition) is 1. The second-order valence-corrected chi connectivity index (χ2v) is 11.7. The molecule has 1 saturated carbocycles. The van der Waals surface area contributed by atoms with Gasteiger partial charge < -0.3 is 9.64 Å². The van der Waals surface area contributed by atoms with Gasteiger partial charge in [-0.15, -0.1) is 10.2 Å². The molecule has 9 nitrogen and oxygen atoms in total. The average Bonchev–Trinajstić information content (AvgIpc) is 3.38. The summed E-state index contributed by atoms with van der Waals surface area (Å²) >= 11 is 1.08. The second-order valence-electron chi connectivity index (χ2n) is 8.95. The summed E-state index contributed by atoms with van der Waals surface area (Å²) in [5, 5.41) is 8.56. The quantitative estimate of drug-likeness (QED) is 0.495. The van der Waals surface area contributed by atoms with Crippen molar-refractivity contribution >= 4 is 33.0 Å². The molecule has 2 aliphatic carbocycles. The average molecular weight is 548 g/mol. The lowest BCUT2D eigenvalue weighted by Crippen LogP contribution is -2.49. The van der Waals surface area contributed by atoms with E-state index in [0.717, 1.165) is 41.9 Å². The summed E-state index contributed by atoms with van der Waals surface area (Å²) in [7, 11) is -5.59. The number of nitrogens with one attached hydrogen (secondary N) is 1. The van der Waals surface area contributed by atoms with Gasteiger partial charge in [-0.2, -0.15) is 17.9 Å². The van der Waals surface area contributed by atoms with Gasteiger partial charge in [0.1, 0.15) is 5.01 Å². The van der Waals surface area contributed by atoms with E-state index in [9.17, 15) is 26.4 Å². The fourth-order valence-electron chi connectivity index (χ4n) is 4.43. The molecule has 1 aromatic heterocycles. The van der Waals surface area contributed by atoms with E-state index >= 15 is 0 Å². The number of alkyl halides is 3. The van der Waals surface area contributed by atoms with Gasteiger partial charge in [0.15, 0.2) is 0 Å². The van der Waals surface area contributed by atoms with Crippen LogP contribution in [0.25, 0.3) is 0 Å². The van der Waals surface area contributed by atoms with Crippen molar-refractivity contribution in [3.63, 3.8) is 0 Å². The minimum Gasteiger partial charge on any atom is -0.461 e. The number of rotatable bonds is 8. The number of allylic oxidation sites excluding steroid dienone is 1. The van der Waals surface area contributed by atoms with Gasteiger partial charge >= 0.3 is 21.5 Å². The molecule has 2 fully saturated rings. The monoisotopic (exact) mass is 547 g/mol. The summed E-state index contributed by atoms with van der Waals surface area (Å²) in [6.07, 6.45) is 6.31. The number of likely N-dealkylation sites (tertiary alicyclic amines) is 1. The van der Waals surface area contributed by atoms with Gasteiger partial charge in [0.05, 0.1) is 24.6 Å². The van der Waals surface area contributed by atoms with Crippen LogP contribution in [-0.4, -0.2) is 72.0 Å². The molecule has 36 heavy (non-hydrogen) atoms. The number of fused-ring (bicyclic) bond motifs is 1. The molecule has 14 heteroatoms. The lowest BCUT2D eigenvalue weighted by Gasteiger charge is -2.42. The van der Waals surface area contributed by atoms with Crippen molar-refractivity contribution in [3.8, 4) is 0 Å². The minimum absolute atomic E-state index is 0.119. The van der Waals surface area contributed by atoms with Gasteiger partial charge in [0, 0.05) is 30.4 Å². The maximum Gasteiger partial charge on any atom is 0.511 e. The molecule has 198 valence electrons. The smallest absolute Gasteiger partial charge is 0.461 e. The molecule has 1 aliphatic heterocycles. The molecule has 0 bridgehead atoms. The molecule has 4 unspecified atom stereocenters. The number of esters is 1. The molecule has 0 radical (unpaired) electrons. The summed E-state index contributed by atoms with van der Waals surface area (Å²) in [5.74, 6) is -0.780. The Morgan fingerprint density at radius 2 is 2.06 bits per heavy atom. The van der Waals surface area contributed by atoms with Crippen LogP contribution in [0, 0.1) is 0 Å². The number of carbonyl (C=O) groups is 1. The highest BCUT2D eigenvalue weighted by Crippen LogP contribution is 2.41. The molecule has 2 heterocycles. The fraction of sp³-hybridized carbons (Fsp3) is 0.636. The number of piperidine rings is 1. The summed E-state index contributed by atoms with van der Waals surface area (Å²) in [4.78, 5) is 18.6. The maximum atomic E-state index is 13.2. The standard InChI is InChI=1S/C22H28F3N5O4S2/c1-4-8-30-12(3)6-7-13-9-16(17(11-18(13)30)29-36(32,33)22(23,24)25)26-15-10-14(15)19-27-28-20(35-19)21(31)34-5-2/h9,11-12,14,16-17,29H,4-8,10H2,1-3H3. The summed E-state index contributed by atoms with van der Waals surface area (Å²) < 4.78 is 70.4. The first kappa shape index (κ1) is 26.7. The second kappa shape index (κ2) is 10.2. The summed E-state index contributed by atoms with van der Waals surface area (Å²) in [6, 6.07) is -1.84. The molecule has 0 amide bonds. The Balaban J connectivity index is 1.61. The van der Waals surface area contributed by atoms with Crippen molar-refractivity contribution in [2.24, 2.45) is 4.99 Å². The van der Waals surface area contributed by atoms with Gasteiger partial charge in [-0.05, 0) is 44.8 Å². The zero-order valence-corrected chi connectivity index (χ0v) is 21.7. The summed E-state index contributed by atoms with van der Waals surface area (Å²) in [6.45, 7) is 6.67. The Hall–Kier alpha value is -2.32. The maximum absolute atomic E-state index is 13.2. The lowest BCUT2D eigenvalue weighted by molar-refractivity contribution is -0.0450. The Morgan fingerprint density at radius 3 is 2.72 bits per heavy atom. The van der Waals surface area contributed by atoms with Gasteiger partial charge in [-0.1, -0.05) is 24.3 Å². The molecule has 1 saturated heterocycles. The molecule has 1 aromatic rings. The van der Waals surface area contributed by atoms with Crippen LogP contribution < -0.4 is 4.72 Å². The lowest BCUT2D eigenvalue weighted by atomic mass is 9.87. The number of ether oxygens (including phenoxy) is 1. The van der Waals surface area contributed by atoms with Crippen LogP contribution in [0.3, 0.4) is 0 Å². The number of nitrogens with zero attached hydrogens (tertiary/aromatic N) is 4. The Labute approximate surface area is 211 Å². The van der Waals surface area contributed by atoms with Crippen LogP contribution in [0.1, 0.15) is 67.2 Å². The number of carbonyl (C=O) groups excluding carboxylic acids is 1. The SMILES string of the molecule is CCCN1C2=CC(NS(=O)(=O)C(F)(F)F)C(N=C3CC3c3nnc(C(=O)OCC)s3)C=C2CCC1C. The van der Waals surface area contributed by atoms with Crippen LogP contribution in [0.15, 0.2) is 28.4 Å². The third kappa shape index (κ3) is 5.49. The normalized spacial score (nSPS) is 27.4. The highest BCUT2D eigenvalue weighted by molar-refractivity contribution is 7.90. The topological polar surface area (TPSA) is 114 Å². The third-order valence-corrected chi connectivity index (χ3v) is 8.51. The van der Waals surface area contributed by atoms with Crippen molar-refractivity contribution in [1.82, 2.24) is 19.8 Å². The molecule has 0 spiro atoms. The molecule has 0 aromatic carbocycles. The van der Waals surface area contributed by atoms with Crippen LogP contribution in [-0.2, 0) is 14.8 Å². The largest absolute Gasteiger partial charge is 0.511 e. The molecule has 4 atom stereocenters. The highest BCUT2D eigenvalue weighted by Gasteiger charge is 2.48. The van der Waals surface area contributed by atoms with E-state index in [-0.39, 0.29) is 23.6 Å². The predicted octanol–water partition coefficient (Wildman–Crippen LogP) is 3.54. The van der Waals surface area contributed by atoms with E-state index in [1.165, 1.54) is 0 Å². The van der Waals surface area contributed by atoms with E-state index in [1.807, 2.05) is 11.6 Å². The number of sulfonamides is 1. The Morgan fingerprint density at radius 1 is 1.31 bits per heavy atom. The predicted molar refractivity (Wildman–Crippen MR) is 128 cm³/mol. The molecule has 3 aliphatic rings. The van der Waals surface area contributed by atoms with Crippen LogP contribution in [0.2, 0.25) is 0 Å². The van der Waals surface area contributed by atoms with E-state index in [4.69, 9.17) is 4.74 Å². The minimum atomic E-state index is -5.59. The van der Waals surface area contributed by atoms with Crippen molar-refractivity contribution in [1.29, 1.82) is 0 Å². The number of aromatic nitrogens is 2. The summed E-state index contributed by atoms with van der Waals surface area (Å²) in [5.41, 5.74) is -3.05. The van der Waals surface area contributed by atoms with E-state index in [0.29, 0.717) is 23.7 Å². The van der Waals surface area contributed by atoms with E-state index in [1.54, 1.807) is 19.1 Å². The first-order valence-corrected chi connectivity index (χ1v) is 14.1. The van der Waals surface area contributed by atoms with Gasteiger partial charge in [-0.3, -0.25) is 4.99 Å². The van der Waals surface area contributed by atoms with Crippen molar-refractivity contribution in [2.45, 2.75) is 76.0 Å².